The van der Waals surface area contributed by atoms with Crippen molar-refractivity contribution in [2.45, 2.75) is 26.4 Å². The first-order chi connectivity index (χ1) is 14.0. The van der Waals surface area contributed by atoms with Crippen LogP contribution in [0, 0.1) is 0 Å². The molecule has 0 bridgehead atoms. The number of nitrogens with one attached hydrogen (secondary N) is 1. The van der Waals surface area contributed by atoms with Gasteiger partial charge >= 0.3 is 5.69 Å². The number of nitrogens with two attached hydrogens (primary N) is 1. The molecule has 0 saturated heterocycles. The molecule has 0 aliphatic rings. The number of hydrogen-bond donors (Lipinski definition) is 2. The minimum absolute atomic E-state index is 0.159. The molecule has 0 atom stereocenters. The lowest BCUT2D eigenvalue weighted by Crippen LogP contribution is -2.39. The van der Waals surface area contributed by atoms with Crippen LogP contribution in [0.1, 0.15) is 18.9 Å². The van der Waals surface area contributed by atoms with Crippen molar-refractivity contribution in [3.05, 3.63) is 69.1 Å². The van der Waals surface area contributed by atoms with Crippen molar-refractivity contribution >= 4 is 11.5 Å². The molecule has 29 heavy (non-hydrogen) atoms. The van der Waals surface area contributed by atoms with E-state index in [-0.39, 0.29) is 11.5 Å². The highest BCUT2D eigenvalue weighted by molar-refractivity contribution is 5.62. The van der Waals surface area contributed by atoms with Gasteiger partial charge in [0.2, 0.25) is 0 Å². The Morgan fingerprint density at radius 2 is 2.00 bits per heavy atom. The van der Waals surface area contributed by atoms with Gasteiger partial charge in [-0.15, -0.1) is 0 Å². The van der Waals surface area contributed by atoms with Crippen LogP contribution in [0.3, 0.4) is 0 Å². The number of nitrogen functional groups attached to an aromatic ring is 1. The van der Waals surface area contributed by atoms with Crippen molar-refractivity contribution in [3.63, 3.8) is 0 Å². The highest BCUT2D eigenvalue weighted by atomic mass is 16.5. The maximum absolute atomic E-state index is 12.6. The lowest BCUT2D eigenvalue weighted by Gasteiger charge is -2.25. The fourth-order valence-corrected chi connectivity index (χ4v) is 3.18. The van der Waals surface area contributed by atoms with E-state index in [4.69, 9.17) is 10.5 Å². The number of aromatic amines is 1. The first-order valence-electron chi connectivity index (χ1n) is 9.50. The van der Waals surface area contributed by atoms with E-state index in [1.807, 2.05) is 48.4 Å². The monoisotopic (exact) mass is 398 g/mol. The molecule has 9 nitrogen and oxygen atoms in total. The van der Waals surface area contributed by atoms with Crippen LogP contribution < -0.4 is 21.9 Å². The summed E-state index contributed by atoms with van der Waals surface area (Å²) < 4.78 is 8.37. The van der Waals surface area contributed by atoms with Crippen LogP contribution in [-0.4, -0.2) is 39.6 Å². The Morgan fingerprint density at radius 1 is 1.24 bits per heavy atom. The Kier molecular flexibility index (Phi) is 6.50. The summed E-state index contributed by atoms with van der Waals surface area (Å²) in [6.07, 6.45) is 4.37. The molecule has 3 rings (SSSR count). The number of anilines is 2. The molecule has 9 heteroatoms. The maximum Gasteiger partial charge on any atom is 0.330 e. The van der Waals surface area contributed by atoms with Crippen LogP contribution >= 0.6 is 0 Å². The van der Waals surface area contributed by atoms with Crippen LogP contribution in [0.15, 0.2) is 52.3 Å². The highest BCUT2D eigenvalue weighted by Crippen LogP contribution is 2.20. The molecule has 3 aromatic rings. The van der Waals surface area contributed by atoms with E-state index in [2.05, 4.69) is 10.1 Å². The van der Waals surface area contributed by atoms with Gasteiger partial charge in [0.05, 0.1) is 18.5 Å². The van der Waals surface area contributed by atoms with E-state index in [0.717, 1.165) is 17.7 Å². The van der Waals surface area contributed by atoms with Gasteiger partial charge in [0.15, 0.2) is 0 Å². The fraction of sp³-hybridized carbons (Fsp3) is 0.350. The van der Waals surface area contributed by atoms with Crippen molar-refractivity contribution in [1.29, 1.82) is 0 Å². The second-order valence-corrected chi connectivity index (χ2v) is 6.69. The largest absolute Gasteiger partial charge is 0.383 e. The van der Waals surface area contributed by atoms with Crippen LogP contribution in [0.2, 0.25) is 0 Å². The van der Waals surface area contributed by atoms with Gasteiger partial charge in [-0.3, -0.25) is 14.3 Å². The number of ether oxygens (including phenoxy) is 1. The maximum atomic E-state index is 12.6. The predicted octanol–water partition coefficient (Wildman–Crippen LogP) is 1.37. The van der Waals surface area contributed by atoms with Gasteiger partial charge in [0.1, 0.15) is 11.5 Å². The molecule has 1 aromatic carbocycles. The van der Waals surface area contributed by atoms with Crippen molar-refractivity contribution in [3.8, 4) is 5.69 Å². The lowest BCUT2D eigenvalue weighted by atomic mass is 10.2. The Morgan fingerprint density at radius 3 is 2.69 bits per heavy atom. The van der Waals surface area contributed by atoms with Crippen LogP contribution in [-0.2, 0) is 17.8 Å². The summed E-state index contributed by atoms with van der Waals surface area (Å²) in [5.41, 5.74) is 7.33. The molecule has 154 valence electrons. The van der Waals surface area contributed by atoms with Crippen molar-refractivity contribution < 1.29 is 4.74 Å². The Hall–Kier alpha value is -3.33. The van der Waals surface area contributed by atoms with Crippen molar-refractivity contribution in [2.75, 3.05) is 30.9 Å². The van der Waals surface area contributed by atoms with Crippen LogP contribution in [0.4, 0.5) is 11.5 Å². The van der Waals surface area contributed by atoms with Gasteiger partial charge in [-0.05, 0) is 18.6 Å². The number of methoxy groups -OCH3 is 1. The molecule has 3 N–H and O–H groups in total. The number of H-pyrrole nitrogens is 1. The number of aromatic nitrogens is 4. The zero-order chi connectivity index (χ0) is 20.8. The summed E-state index contributed by atoms with van der Waals surface area (Å²) >= 11 is 0. The van der Waals surface area contributed by atoms with Crippen LogP contribution in [0.25, 0.3) is 5.69 Å². The molecule has 0 spiro atoms. The summed E-state index contributed by atoms with van der Waals surface area (Å²) in [6.45, 7) is 3.60. The molecule has 2 aromatic heterocycles. The number of para-hydroxylation sites is 1. The standard InChI is InChI=1S/C20H26N6O3/c1-3-9-25-18(21)17(19(27)23-20(25)28)24(10-11-29-2)13-15-12-22-26(14-15)16-7-5-4-6-8-16/h4-8,12,14H,3,9-11,13,21H2,1-2H3,(H,23,27,28). The van der Waals surface area contributed by atoms with E-state index >= 15 is 0 Å². The van der Waals surface area contributed by atoms with Gasteiger partial charge in [-0.2, -0.15) is 5.10 Å². The summed E-state index contributed by atoms with van der Waals surface area (Å²) in [7, 11) is 1.59. The van der Waals surface area contributed by atoms with E-state index in [1.54, 1.807) is 18.0 Å². The number of nitrogens with zero attached hydrogens (tertiary/aromatic N) is 4. The average molecular weight is 398 g/mol. The fourth-order valence-electron chi connectivity index (χ4n) is 3.18. The zero-order valence-electron chi connectivity index (χ0n) is 16.7. The van der Waals surface area contributed by atoms with Gasteiger partial charge in [0.25, 0.3) is 5.56 Å². The predicted molar refractivity (Wildman–Crippen MR) is 113 cm³/mol. The number of hydrogen-bond acceptors (Lipinski definition) is 6. The average Bonchev–Trinajstić information content (AvgIpc) is 3.18. The summed E-state index contributed by atoms with van der Waals surface area (Å²) in [4.78, 5) is 28.9. The third-order valence-electron chi connectivity index (χ3n) is 4.57. The third kappa shape index (κ3) is 4.57. The minimum Gasteiger partial charge on any atom is -0.383 e. The number of rotatable bonds is 9. The molecular weight excluding hydrogens is 372 g/mol. The molecule has 0 aliphatic carbocycles. The van der Waals surface area contributed by atoms with E-state index in [1.165, 1.54) is 4.57 Å². The Bertz CT molecular complexity index is 1050. The molecule has 2 heterocycles. The molecule has 0 aliphatic heterocycles. The normalized spacial score (nSPS) is 11.0. The quantitative estimate of drug-likeness (QED) is 0.563. The van der Waals surface area contributed by atoms with E-state index < -0.39 is 11.2 Å². The third-order valence-corrected chi connectivity index (χ3v) is 4.57. The smallest absolute Gasteiger partial charge is 0.330 e. The van der Waals surface area contributed by atoms with E-state index in [9.17, 15) is 9.59 Å². The Labute approximate surface area is 168 Å². The highest BCUT2D eigenvalue weighted by Gasteiger charge is 2.19. The molecular formula is C20H26N6O3. The second-order valence-electron chi connectivity index (χ2n) is 6.69. The summed E-state index contributed by atoms with van der Waals surface area (Å²) in [5.74, 6) is 0.159. The van der Waals surface area contributed by atoms with Crippen molar-refractivity contribution in [2.24, 2.45) is 0 Å². The SMILES string of the molecule is CCCn1c(N)c(N(CCOC)Cc2cnn(-c3ccccc3)c2)c(=O)[nH]c1=O. The molecule has 0 fully saturated rings. The number of benzene rings is 1. The van der Waals surface area contributed by atoms with Gasteiger partial charge < -0.3 is 15.4 Å². The molecule has 0 radical (unpaired) electrons. The first-order valence-corrected chi connectivity index (χ1v) is 9.50. The van der Waals surface area contributed by atoms with Crippen molar-refractivity contribution in [1.82, 2.24) is 19.3 Å². The summed E-state index contributed by atoms with van der Waals surface area (Å²) in [6, 6.07) is 9.75. The topological polar surface area (TPSA) is 111 Å². The van der Waals surface area contributed by atoms with Gasteiger partial charge in [-0.1, -0.05) is 25.1 Å². The molecule has 0 saturated carbocycles. The van der Waals surface area contributed by atoms with Gasteiger partial charge in [0, 0.05) is 38.5 Å². The van der Waals surface area contributed by atoms with Gasteiger partial charge in [-0.25, -0.2) is 9.48 Å². The zero-order valence-corrected chi connectivity index (χ0v) is 16.7. The Balaban J connectivity index is 1.96. The van der Waals surface area contributed by atoms with E-state index in [0.29, 0.717) is 26.2 Å². The first kappa shape index (κ1) is 20.4. The minimum atomic E-state index is -0.508. The lowest BCUT2D eigenvalue weighted by molar-refractivity contribution is 0.205. The molecule has 0 unspecified atom stereocenters. The van der Waals surface area contributed by atoms with Crippen LogP contribution in [0.5, 0.6) is 0 Å². The molecule has 0 amide bonds. The summed E-state index contributed by atoms with van der Waals surface area (Å²) in [5, 5.41) is 4.41. The second kappa shape index (κ2) is 9.24.